The number of nitrogens with two attached hydrogens (primary N) is 1. The fraction of sp³-hybridized carbons (Fsp3) is 0.684. The van der Waals surface area contributed by atoms with Crippen molar-refractivity contribution in [2.45, 2.75) is 59.8 Å². The van der Waals surface area contributed by atoms with Gasteiger partial charge < -0.3 is 10.5 Å². The van der Waals surface area contributed by atoms with Crippen molar-refractivity contribution in [1.29, 1.82) is 0 Å². The molecule has 0 aliphatic heterocycles. The van der Waals surface area contributed by atoms with Crippen molar-refractivity contribution in [2.24, 2.45) is 17.6 Å². The Kier molecular flexibility index (Phi) is 7.24. The van der Waals surface area contributed by atoms with Gasteiger partial charge in [0.25, 0.3) is 0 Å². The highest BCUT2D eigenvalue weighted by Gasteiger charge is 2.17. The average Bonchev–Trinajstić information content (AvgIpc) is 2.44. The fourth-order valence-corrected chi connectivity index (χ4v) is 2.53. The topological polar surface area (TPSA) is 35.2 Å². The third-order valence-corrected chi connectivity index (χ3v) is 4.23. The molecule has 2 atom stereocenters. The predicted octanol–water partition coefficient (Wildman–Crippen LogP) is 4.93. The molecule has 0 bridgehead atoms. The summed E-state index contributed by atoms with van der Waals surface area (Å²) in [6.07, 6.45) is 1.07. The van der Waals surface area contributed by atoms with Crippen molar-refractivity contribution >= 4 is 0 Å². The maximum Gasteiger partial charge on any atom is 0.122 e. The summed E-state index contributed by atoms with van der Waals surface area (Å²) in [5, 5.41) is 0. The van der Waals surface area contributed by atoms with E-state index < -0.39 is 0 Å². The molecule has 2 heteroatoms. The smallest absolute Gasteiger partial charge is 0.122 e. The van der Waals surface area contributed by atoms with Gasteiger partial charge in [-0.2, -0.15) is 0 Å². The van der Waals surface area contributed by atoms with Gasteiger partial charge >= 0.3 is 0 Å². The molecule has 0 aliphatic rings. The molecule has 0 saturated carbocycles. The molecule has 0 saturated heterocycles. The predicted molar refractivity (Wildman–Crippen MR) is 92.1 cm³/mol. The van der Waals surface area contributed by atoms with Crippen molar-refractivity contribution in [2.75, 3.05) is 13.2 Å². The quantitative estimate of drug-likeness (QED) is 0.736. The van der Waals surface area contributed by atoms with Gasteiger partial charge in [-0.15, -0.1) is 0 Å². The molecule has 1 aromatic carbocycles. The maximum absolute atomic E-state index is 5.98. The van der Waals surface area contributed by atoms with E-state index >= 15 is 0 Å². The van der Waals surface area contributed by atoms with Crippen LogP contribution in [0, 0.1) is 11.8 Å². The second-order valence-corrected chi connectivity index (χ2v) is 7.00. The van der Waals surface area contributed by atoms with Crippen LogP contribution in [0.4, 0.5) is 0 Å². The van der Waals surface area contributed by atoms with E-state index in [1.165, 1.54) is 11.1 Å². The molecule has 2 nitrogen and oxygen atoms in total. The summed E-state index contributed by atoms with van der Waals surface area (Å²) in [7, 11) is 0. The van der Waals surface area contributed by atoms with E-state index in [4.69, 9.17) is 10.5 Å². The lowest BCUT2D eigenvalue weighted by atomic mass is 9.85. The minimum atomic E-state index is 0.476. The summed E-state index contributed by atoms with van der Waals surface area (Å²) in [6, 6.07) is 6.70. The van der Waals surface area contributed by atoms with Crippen molar-refractivity contribution in [1.82, 2.24) is 0 Å². The normalized spacial score (nSPS) is 14.5. The van der Waals surface area contributed by atoms with Crippen molar-refractivity contribution in [3.63, 3.8) is 0 Å². The summed E-state index contributed by atoms with van der Waals surface area (Å²) in [4.78, 5) is 0. The molecular formula is C19H33NO. The molecule has 0 heterocycles. The van der Waals surface area contributed by atoms with Crippen LogP contribution < -0.4 is 10.5 Å². The van der Waals surface area contributed by atoms with Crippen molar-refractivity contribution in [3.8, 4) is 5.75 Å². The van der Waals surface area contributed by atoms with Crippen LogP contribution in [0.25, 0.3) is 0 Å². The van der Waals surface area contributed by atoms with Crippen LogP contribution in [0.15, 0.2) is 18.2 Å². The minimum absolute atomic E-state index is 0.476. The maximum atomic E-state index is 5.98. The van der Waals surface area contributed by atoms with Crippen molar-refractivity contribution < 1.29 is 4.74 Å². The third kappa shape index (κ3) is 5.35. The molecule has 0 aromatic heterocycles. The Labute approximate surface area is 131 Å². The van der Waals surface area contributed by atoms with Crippen LogP contribution in [0.2, 0.25) is 0 Å². The molecule has 21 heavy (non-hydrogen) atoms. The number of benzene rings is 1. The highest BCUT2D eigenvalue weighted by molar-refractivity contribution is 5.40. The minimum Gasteiger partial charge on any atom is -0.493 e. The third-order valence-electron chi connectivity index (χ3n) is 4.23. The van der Waals surface area contributed by atoms with Crippen LogP contribution in [0.1, 0.15) is 70.9 Å². The van der Waals surface area contributed by atoms with Gasteiger partial charge in [0.05, 0.1) is 6.61 Å². The molecule has 0 aliphatic carbocycles. The van der Waals surface area contributed by atoms with Gasteiger partial charge in [0.1, 0.15) is 5.75 Å². The summed E-state index contributed by atoms with van der Waals surface area (Å²) in [5.41, 5.74) is 8.41. The van der Waals surface area contributed by atoms with Gasteiger partial charge in [0, 0.05) is 0 Å². The second kappa shape index (κ2) is 8.43. The molecule has 2 unspecified atom stereocenters. The fourth-order valence-electron chi connectivity index (χ4n) is 2.53. The van der Waals surface area contributed by atoms with E-state index in [2.05, 4.69) is 59.7 Å². The number of hydrogen-bond donors (Lipinski definition) is 1. The van der Waals surface area contributed by atoms with Crippen LogP contribution in [-0.4, -0.2) is 13.2 Å². The summed E-state index contributed by atoms with van der Waals surface area (Å²) < 4.78 is 5.98. The molecule has 1 rings (SSSR count). The number of hydrogen-bond acceptors (Lipinski definition) is 2. The lowest BCUT2D eigenvalue weighted by molar-refractivity contribution is 0.267. The Morgan fingerprint density at radius 3 is 2.24 bits per heavy atom. The first-order valence-corrected chi connectivity index (χ1v) is 8.33. The first-order chi connectivity index (χ1) is 9.86. The van der Waals surface area contributed by atoms with Gasteiger partial charge in [-0.3, -0.25) is 0 Å². The zero-order valence-electron chi connectivity index (χ0n) is 14.6. The Bertz CT molecular complexity index is 426. The van der Waals surface area contributed by atoms with E-state index in [1.807, 2.05) is 0 Å². The molecular weight excluding hydrogens is 258 g/mol. The summed E-state index contributed by atoms with van der Waals surface area (Å²) in [5.74, 6) is 3.21. The zero-order chi connectivity index (χ0) is 16.0. The summed E-state index contributed by atoms with van der Waals surface area (Å²) >= 11 is 0. The van der Waals surface area contributed by atoms with Gasteiger partial charge in [-0.25, -0.2) is 0 Å². The van der Waals surface area contributed by atoms with Gasteiger partial charge in [0.15, 0.2) is 0 Å². The Morgan fingerprint density at radius 1 is 1.05 bits per heavy atom. The number of rotatable bonds is 8. The highest BCUT2D eigenvalue weighted by atomic mass is 16.5. The standard InChI is InChI=1S/C19H33NO/c1-13(2)12-21-19-8-7-17(11-18(19)14(3)4)16(6)15(5)9-10-20/h7-8,11,13-16H,9-10,12,20H2,1-6H3. The van der Waals surface area contributed by atoms with Gasteiger partial charge in [-0.05, 0) is 53.8 Å². The lowest BCUT2D eigenvalue weighted by Gasteiger charge is -2.23. The van der Waals surface area contributed by atoms with Crippen LogP contribution in [-0.2, 0) is 0 Å². The van der Waals surface area contributed by atoms with Crippen LogP contribution >= 0.6 is 0 Å². The molecule has 120 valence electrons. The largest absolute Gasteiger partial charge is 0.493 e. The second-order valence-electron chi connectivity index (χ2n) is 7.00. The molecule has 2 N–H and O–H groups in total. The van der Waals surface area contributed by atoms with Crippen molar-refractivity contribution in [3.05, 3.63) is 29.3 Å². The van der Waals surface area contributed by atoms with E-state index in [0.717, 1.165) is 25.3 Å². The zero-order valence-corrected chi connectivity index (χ0v) is 14.6. The summed E-state index contributed by atoms with van der Waals surface area (Å²) in [6.45, 7) is 14.9. The Hall–Kier alpha value is -1.02. The molecule has 0 fully saturated rings. The van der Waals surface area contributed by atoms with E-state index in [9.17, 15) is 0 Å². The van der Waals surface area contributed by atoms with Crippen LogP contribution in [0.3, 0.4) is 0 Å². The molecule has 0 radical (unpaired) electrons. The molecule has 0 spiro atoms. The Morgan fingerprint density at radius 2 is 1.71 bits per heavy atom. The number of ether oxygens (including phenoxy) is 1. The first-order valence-electron chi connectivity index (χ1n) is 8.33. The monoisotopic (exact) mass is 291 g/mol. The van der Waals surface area contributed by atoms with E-state index in [1.54, 1.807) is 0 Å². The highest BCUT2D eigenvalue weighted by Crippen LogP contribution is 2.33. The molecule has 1 aromatic rings. The van der Waals surface area contributed by atoms with Gasteiger partial charge in [0.2, 0.25) is 0 Å². The first kappa shape index (κ1) is 18.0. The van der Waals surface area contributed by atoms with Crippen LogP contribution in [0.5, 0.6) is 5.75 Å². The van der Waals surface area contributed by atoms with Gasteiger partial charge in [-0.1, -0.05) is 53.7 Å². The Balaban J connectivity index is 2.97. The average molecular weight is 291 g/mol. The lowest BCUT2D eigenvalue weighted by Crippen LogP contribution is -2.13. The SMILES string of the molecule is CC(C)COc1ccc(C(C)C(C)CCN)cc1C(C)C. The molecule has 0 amide bonds. The van der Waals surface area contributed by atoms with E-state index in [0.29, 0.717) is 23.7 Å². The van der Waals surface area contributed by atoms with E-state index in [-0.39, 0.29) is 0 Å².